The van der Waals surface area contributed by atoms with Crippen LogP contribution in [-0.2, 0) is 4.74 Å². The van der Waals surface area contributed by atoms with Crippen molar-refractivity contribution in [3.63, 3.8) is 0 Å². The number of carbonyl (C=O) groups is 1. The number of pyridine rings is 1. The SMILES string of the molecule is COC(=O)c1c(C)[nH]c(=O)c(C#N)c1-c1ccc(C)cc1. The number of H-pyrrole nitrogens is 1. The highest BCUT2D eigenvalue weighted by molar-refractivity contribution is 5.99. The van der Waals surface area contributed by atoms with Gasteiger partial charge in [0.25, 0.3) is 5.56 Å². The van der Waals surface area contributed by atoms with Crippen LogP contribution in [0.1, 0.15) is 27.2 Å². The van der Waals surface area contributed by atoms with Crippen LogP contribution in [-0.4, -0.2) is 18.1 Å². The van der Waals surface area contributed by atoms with Crippen LogP contribution >= 0.6 is 0 Å². The molecule has 2 rings (SSSR count). The first-order valence-corrected chi connectivity index (χ1v) is 6.32. The first kappa shape index (κ1) is 14.5. The number of carbonyl (C=O) groups excluding carboxylic acids is 1. The molecule has 0 fully saturated rings. The number of hydrogen-bond donors (Lipinski definition) is 1. The summed E-state index contributed by atoms with van der Waals surface area (Å²) in [5.74, 6) is -0.587. The summed E-state index contributed by atoms with van der Waals surface area (Å²) in [6.45, 7) is 3.53. The first-order chi connectivity index (χ1) is 9.99. The van der Waals surface area contributed by atoms with Gasteiger partial charge in [-0.1, -0.05) is 29.8 Å². The van der Waals surface area contributed by atoms with E-state index in [1.165, 1.54) is 7.11 Å². The number of nitriles is 1. The predicted molar refractivity (Wildman–Crippen MR) is 78.0 cm³/mol. The van der Waals surface area contributed by atoms with Gasteiger partial charge in [0.15, 0.2) is 0 Å². The van der Waals surface area contributed by atoms with Crippen LogP contribution in [0.3, 0.4) is 0 Å². The Morgan fingerprint density at radius 1 is 1.24 bits per heavy atom. The number of aryl methyl sites for hydroxylation is 2. The van der Waals surface area contributed by atoms with Gasteiger partial charge < -0.3 is 9.72 Å². The Balaban J connectivity index is 2.90. The molecule has 1 aromatic heterocycles. The smallest absolute Gasteiger partial charge is 0.340 e. The lowest BCUT2D eigenvalue weighted by atomic mass is 9.94. The van der Waals surface area contributed by atoms with Gasteiger partial charge in [-0.25, -0.2) is 4.79 Å². The molecule has 0 aliphatic rings. The molecule has 0 saturated carbocycles. The molecule has 0 bridgehead atoms. The molecule has 0 unspecified atom stereocenters. The van der Waals surface area contributed by atoms with Crippen LogP contribution in [0.15, 0.2) is 29.1 Å². The number of esters is 1. The Kier molecular flexibility index (Phi) is 3.90. The number of aromatic nitrogens is 1. The maximum absolute atomic E-state index is 12.0. The van der Waals surface area contributed by atoms with E-state index in [1.54, 1.807) is 19.1 Å². The molecule has 5 nitrogen and oxygen atoms in total. The largest absolute Gasteiger partial charge is 0.465 e. The Labute approximate surface area is 121 Å². The van der Waals surface area contributed by atoms with Gasteiger partial charge in [-0.05, 0) is 19.4 Å². The number of ether oxygens (including phenoxy) is 1. The second kappa shape index (κ2) is 5.63. The number of nitrogens with zero attached hydrogens (tertiary/aromatic N) is 1. The third kappa shape index (κ3) is 2.56. The van der Waals surface area contributed by atoms with E-state index < -0.39 is 11.5 Å². The van der Waals surface area contributed by atoms with Crippen molar-refractivity contribution >= 4 is 5.97 Å². The fourth-order valence-electron chi connectivity index (χ4n) is 2.19. The van der Waals surface area contributed by atoms with Gasteiger partial charge in [0.1, 0.15) is 11.6 Å². The Bertz CT molecular complexity index is 796. The number of methoxy groups -OCH3 is 1. The van der Waals surface area contributed by atoms with Gasteiger partial charge in [-0.15, -0.1) is 0 Å². The van der Waals surface area contributed by atoms with Crippen molar-refractivity contribution in [3.05, 3.63) is 57.0 Å². The van der Waals surface area contributed by atoms with E-state index in [1.807, 2.05) is 25.1 Å². The molecule has 0 atom stereocenters. The van der Waals surface area contributed by atoms with E-state index >= 15 is 0 Å². The molecule has 106 valence electrons. The van der Waals surface area contributed by atoms with Gasteiger partial charge in [0.05, 0.1) is 12.7 Å². The fourth-order valence-corrected chi connectivity index (χ4v) is 2.19. The molecular weight excluding hydrogens is 268 g/mol. The zero-order chi connectivity index (χ0) is 15.6. The molecule has 0 spiro atoms. The maximum Gasteiger partial charge on any atom is 0.340 e. The van der Waals surface area contributed by atoms with Crippen LogP contribution in [0.2, 0.25) is 0 Å². The summed E-state index contributed by atoms with van der Waals surface area (Å²) < 4.78 is 4.77. The minimum absolute atomic E-state index is 0.0927. The monoisotopic (exact) mass is 282 g/mol. The van der Waals surface area contributed by atoms with Gasteiger partial charge in [-0.3, -0.25) is 4.79 Å². The lowest BCUT2D eigenvalue weighted by molar-refractivity contribution is 0.0600. The van der Waals surface area contributed by atoms with Gasteiger partial charge in [-0.2, -0.15) is 5.26 Å². The highest BCUT2D eigenvalue weighted by Crippen LogP contribution is 2.28. The molecule has 0 aliphatic carbocycles. The van der Waals surface area contributed by atoms with Crippen LogP contribution in [0.4, 0.5) is 0 Å². The van der Waals surface area contributed by atoms with Crippen molar-refractivity contribution < 1.29 is 9.53 Å². The number of hydrogen-bond acceptors (Lipinski definition) is 4. The standard InChI is InChI=1S/C16H14N2O3/c1-9-4-6-11(7-5-9)14-12(8-17)15(19)18-10(2)13(14)16(20)21-3/h4-7H,1-3H3,(H,18,19). The number of rotatable bonds is 2. The lowest BCUT2D eigenvalue weighted by Crippen LogP contribution is -2.19. The van der Waals surface area contributed by atoms with Crippen molar-refractivity contribution in [3.8, 4) is 17.2 Å². The second-order valence-electron chi connectivity index (χ2n) is 4.67. The van der Waals surface area contributed by atoms with Crippen molar-refractivity contribution in [1.82, 2.24) is 4.98 Å². The summed E-state index contributed by atoms with van der Waals surface area (Å²) in [4.78, 5) is 26.5. The maximum atomic E-state index is 12.0. The molecule has 2 aromatic rings. The van der Waals surface area contributed by atoms with Gasteiger partial charge in [0, 0.05) is 11.3 Å². The molecule has 0 saturated heterocycles. The Hall–Kier alpha value is -2.87. The normalized spacial score (nSPS) is 10.0. The molecule has 0 radical (unpaired) electrons. The van der Waals surface area contributed by atoms with Crippen LogP contribution in [0, 0.1) is 25.2 Å². The van der Waals surface area contributed by atoms with Crippen LogP contribution in [0.25, 0.3) is 11.1 Å². The highest BCUT2D eigenvalue weighted by atomic mass is 16.5. The van der Waals surface area contributed by atoms with Crippen molar-refractivity contribution in [2.75, 3.05) is 7.11 Å². The topological polar surface area (TPSA) is 83.0 Å². The summed E-state index contributed by atoms with van der Waals surface area (Å²) >= 11 is 0. The van der Waals surface area contributed by atoms with E-state index in [4.69, 9.17) is 4.74 Å². The fraction of sp³-hybridized carbons (Fsp3) is 0.188. The number of benzene rings is 1. The van der Waals surface area contributed by atoms with Gasteiger partial charge >= 0.3 is 5.97 Å². The minimum atomic E-state index is -0.587. The average Bonchev–Trinajstić information content (AvgIpc) is 2.46. The highest BCUT2D eigenvalue weighted by Gasteiger charge is 2.22. The molecule has 1 aromatic carbocycles. The molecule has 1 N–H and O–H groups in total. The lowest BCUT2D eigenvalue weighted by Gasteiger charge is -2.12. The van der Waals surface area contributed by atoms with Gasteiger partial charge in [0.2, 0.25) is 0 Å². The Morgan fingerprint density at radius 2 is 1.86 bits per heavy atom. The third-order valence-corrected chi connectivity index (χ3v) is 3.24. The number of aromatic amines is 1. The van der Waals surface area contributed by atoms with E-state index in [0.29, 0.717) is 16.8 Å². The summed E-state index contributed by atoms with van der Waals surface area (Å²) in [5, 5.41) is 9.26. The average molecular weight is 282 g/mol. The van der Waals surface area contributed by atoms with E-state index in [2.05, 4.69) is 4.98 Å². The molecule has 5 heteroatoms. The van der Waals surface area contributed by atoms with E-state index in [9.17, 15) is 14.9 Å². The molecule has 0 aliphatic heterocycles. The van der Waals surface area contributed by atoms with Crippen molar-refractivity contribution in [2.24, 2.45) is 0 Å². The molecular formula is C16H14N2O3. The molecule has 1 heterocycles. The van der Waals surface area contributed by atoms with Crippen molar-refractivity contribution in [2.45, 2.75) is 13.8 Å². The van der Waals surface area contributed by atoms with E-state index in [-0.39, 0.29) is 11.1 Å². The second-order valence-corrected chi connectivity index (χ2v) is 4.67. The zero-order valence-corrected chi connectivity index (χ0v) is 12.0. The Morgan fingerprint density at radius 3 is 2.38 bits per heavy atom. The minimum Gasteiger partial charge on any atom is -0.465 e. The molecule has 0 amide bonds. The van der Waals surface area contributed by atoms with Crippen LogP contribution < -0.4 is 5.56 Å². The van der Waals surface area contributed by atoms with Crippen LogP contribution in [0.5, 0.6) is 0 Å². The zero-order valence-electron chi connectivity index (χ0n) is 12.0. The first-order valence-electron chi connectivity index (χ1n) is 6.32. The number of nitrogens with one attached hydrogen (secondary N) is 1. The quantitative estimate of drug-likeness (QED) is 0.857. The third-order valence-electron chi connectivity index (χ3n) is 3.24. The summed E-state index contributed by atoms with van der Waals surface area (Å²) in [5.41, 5.74) is 1.96. The predicted octanol–water partition coefficient (Wildman–Crippen LogP) is 2.32. The van der Waals surface area contributed by atoms with E-state index in [0.717, 1.165) is 5.56 Å². The summed E-state index contributed by atoms with van der Waals surface area (Å²) in [6.07, 6.45) is 0. The summed E-state index contributed by atoms with van der Waals surface area (Å²) in [7, 11) is 1.26. The summed E-state index contributed by atoms with van der Waals surface area (Å²) in [6, 6.07) is 9.13. The van der Waals surface area contributed by atoms with Crippen molar-refractivity contribution in [1.29, 1.82) is 5.26 Å². The molecule has 21 heavy (non-hydrogen) atoms.